The number of carbonyl (C=O) groups is 1. The summed E-state index contributed by atoms with van der Waals surface area (Å²) < 4.78 is 6.43. The highest BCUT2D eigenvalue weighted by atomic mass is 79.9. The highest BCUT2D eigenvalue weighted by Gasteiger charge is 2.31. The second-order valence-corrected chi connectivity index (χ2v) is 6.21. The van der Waals surface area contributed by atoms with E-state index in [1.54, 1.807) is 18.5 Å². The highest BCUT2D eigenvalue weighted by molar-refractivity contribution is 9.10. The number of ether oxygens (including phenoxy) is 1. The van der Waals surface area contributed by atoms with Crippen LogP contribution in [0.3, 0.4) is 0 Å². The molecule has 0 bridgehead atoms. The van der Waals surface area contributed by atoms with E-state index >= 15 is 0 Å². The summed E-state index contributed by atoms with van der Waals surface area (Å²) in [4.78, 5) is 20.9. The van der Waals surface area contributed by atoms with E-state index < -0.39 is 0 Å². The van der Waals surface area contributed by atoms with Gasteiger partial charge >= 0.3 is 0 Å². The van der Waals surface area contributed by atoms with Crippen molar-refractivity contribution in [3.8, 4) is 0 Å². The highest BCUT2D eigenvalue weighted by Crippen LogP contribution is 2.22. The van der Waals surface area contributed by atoms with Crippen LogP contribution in [0, 0.1) is 0 Å². The van der Waals surface area contributed by atoms with Gasteiger partial charge in [0.25, 0.3) is 5.91 Å². The number of carbonyl (C=O) groups excluding carboxylic acids is 1. The summed E-state index contributed by atoms with van der Waals surface area (Å²) in [5, 5.41) is 3.90. The molecule has 110 valence electrons. The molecule has 2 aromatic heterocycles. The van der Waals surface area contributed by atoms with Crippen molar-refractivity contribution in [2.75, 3.05) is 0 Å². The number of hydrogen-bond acceptors (Lipinski definition) is 4. The standard InChI is InChI=1S/C15H16BrN3O2/c1-8-5-13(9(2)21-8)19-15(20)12-4-3-10-6-17-7-11(16)14(10)18-12/h3-4,6-9,13H,5H2,1-2H3,(H,19,20). The lowest BCUT2D eigenvalue weighted by Crippen LogP contribution is -2.39. The molecule has 1 amide bonds. The number of pyridine rings is 2. The van der Waals surface area contributed by atoms with Crippen molar-refractivity contribution in [1.29, 1.82) is 0 Å². The van der Waals surface area contributed by atoms with Gasteiger partial charge in [0.2, 0.25) is 0 Å². The monoisotopic (exact) mass is 349 g/mol. The Kier molecular flexibility index (Phi) is 3.91. The van der Waals surface area contributed by atoms with Crippen molar-refractivity contribution >= 4 is 32.7 Å². The molecule has 3 rings (SSSR count). The van der Waals surface area contributed by atoms with Gasteiger partial charge in [0.1, 0.15) is 5.69 Å². The average Bonchev–Trinajstić information content (AvgIpc) is 2.77. The van der Waals surface area contributed by atoms with E-state index in [2.05, 4.69) is 31.2 Å². The molecule has 3 unspecified atom stereocenters. The quantitative estimate of drug-likeness (QED) is 0.905. The minimum atomic E-state index is -0.171. The second kappa shape index (κ2) is 5.69. The predicted molar refractivity (Wildman–Crippen MR) is 83.1 cm³/mol. The van der Waals surface area contributed by atoms with Gasteiger partial charge in [0.15, 0.2) is 0 Å². The van der Waals surface area contributed by atoms with Gasteiger partial charge in [-0.15, -0.1) is 0 Å². The molecule has 3 heterocycles. The van der Waals surface area contributed by atoms with Crippen LogP contribution in [0.25, 0.3) is 10.9 Å². The van der Waals surface area contributed by atoms with E-state index in [1.165, 1.54) is 0 Å². The first-order valence-corrected chi connectivity index (χ1v) is 7.70. The third kappa shape index (κ3) is 2.91. The van der Waals surface area contributed by atoms with Crippen LogP contribution in [0.2, 0.25) is 0 Å². The van der Waals surface area contributed by atoms with E-state index in [4.69, 9.17) is 4.74 Å². The number of hydrogen-bond donors (Lipinski definition) is 1. The van der Waals surface area contributed by atoms with Crippen molar-refractivity contribution in [3.05, 3.63) is 34.7 Å². The van der Waals surface area contributed by atoms with Crippen molar-refractivity contribution in [2.45, 2.75) is 38.5 Å². The van der Waals surface area contributed by atoms with Crippen molar-refractivity contribution in [2.24, 2.45) is 0 Å². The molecule has 6 heteroatoms. The Labute approximate surface area is 131 Å². The van der Waals surface area contributed by atoms with Gasteiger partial charge in [-0.3, -0.25) is 9.78 Å². The molecule has 1 fully saturated rings. The molecule has 0 aliphatic carbocycles. The molecule has 2 aromatic rings. The molecule has 1 aliphatic heterocycles. The summed E-state index contributed by atoms with van der Waals surface area (Å²) in [5.41, 5.74) is 1.14. The molecule has 21 heavy (non-hydrogen) atoms. The number of fused-ring (bicyclic) bond motifs is 1. The van der Waals surface area contributed by atoms with Gasteiger partial charge in [0, 0.05) is 17.8 Å². The summed E-state index contributed by atoms with van der Waals surface area (Å²) in [6.45, 7) is 3.99. The fourth-order valence-electron chi connectivity index (χ4n) is 2.62. The van der Waals surface area contributed by atoms with Crippen LogP contribution in [0.1, 0.15) is 30.8 Å². The summed E-state index contributed by atoms with van der Waals surface area (Å²) in [6.07, 6.45) is 4.43. The zero-order valence-corrected chi connectivity index (χ0v) is 13.4. The molecule has 3 atom stereocenters. The third-order valence-electron chi connectivity index (χ3n) is 3.70. The number of nitrogens with one attached hydrogen (secondary N) is 1. The van der Waals surface area contributed by atoms with Crippen LogP contribution in [-0.2, 0) is 4.74 Å². The van der Waals surface area contributed by atoms with Gasteiger partial charge in [-0.25, -0.2) is 4.98 Å². The van der Waals surface area contributed by atoms with Gasteiger partial charge in [-0.1, -0.05) is 0 Å². The Morgan fingerprint density at radius 3 is 2.90 bits per heavy atom. The first-order valence-electron chi connectivity index (χ1n) is 6.91. The van der Waals surface area contributed by atoms with Crippen molar-refractivity contribution in [1.82, 2.24) is 15.3 Å². The van der Waals surface area contributed by atoms with Crippen LogP contribution in [-0.4, -0.2) is 34.1 Å². The molecule has 1 saturated heterocycles. The predicted octanol–water partition coefficient (Wildman–Crippen LogP) is 2.69. The number of aromatic nitrogens is 2. The Morgan fingerprint density at radius 2 is 2.19 bits per heavy atom. The minimum absolute atomic E-state index is 0.0281. The molecular weight excluding hydrogens is 334 g/mol. The zero-order chi connectivity index (χ0) is 15.0. The van der Waals surface area contributed by atoms with Crippen LogP contribution in [0.5, 0.6) is 0 Å². The lowest BCUT2D eigenvalue weighted by molar-refractivity contribution is 0.0584. The Balaban J connectivity index is 1.83. The molecule has 5 nitrogen and oxygen atoms in total. The fraction of sp³-hybridized carbons (Fsp3) is 0.400. The first-order chi connectivity index (χ1) is 10.0. The molecule has 0 radical (unpaired) electrons. The smallest absolute Gasteiger partial charge is 0.270 e. The fourth-order valence-corrected chi connectivity index (χ4v) is 3.06. The van der Waals surface area contributed by atoms with E-state index in [1.807, 2.05) is 19.9 Å². The minimum Gasteiger partial charge on any atom is -0.373 e. The van der Waals surface area contributed by atoms with Crippen molar-refractivity contribution < 1.29 is 9.53 Å². The molecule has 0 spiro atoms. The van der Waals surface area contributed by atoms with Gasteiger partial charge in [-0.05, 0) is 48.3 Å². The number of amides is 1. The van der Waals surface area contributed by atoms with E-state index in [0.29, 0.717) is 5.69 Å². The lowest BCUT2D eigenvalue weighted by atomic mass is 10.1. The number of nitrogens with zero attached hydrogens (tertiary/aromatic N) is 2. The van der Waals surface area contributed by atoms with Crippen molar-refractivity contribution in [3.63, 3.8) is 0 Å². The van der Waals surface area contributed by atoms with E-state index in [-0.39, 0.29) is 24.2 Å². The maximum atomic E-state index is 12.3. The SMILES string of the molecule is CC1CC(NC(=O)c2ccc3cncc(Br)c3n2)C(C)O1. The summed E-state index contributed by atoms with van der Waals surface area (Å²) >= 11 is 3.41. The van der Waals surface area contributed by atoms with E-state index in [9.17, 15) is 4.79 Å². The van der Waals surface area contributed by atoms with Crippen LogP contribution in [0.4, 0.5) is 0 Å². The average molecular weight is 350 g/mol. The number of halogens is 1. The molecule has 1 N–H and O–H groups in total. The van der Waals surface area contributed by atoms with Crippen LogP contribution < -0.4 is 5.32 Å². The molecule has 0 aromatic carbocycles. The van der Waals surface area contributed by atoms with Gasteiger partial charge in [-0.2, -0.15) is 0 Å². The first kappa shape index (κ1) is 14.4. The third-order valence-corrected chi connectivity index (χ3v) is 4.28. The molecule has 1 aliphatic rings. The topological polar surface area (TPSA) is 64.1 Å². The van der Waals surface area contributed by atoms with Gasteiger partial charge in [0.05, 0.1) is 28.2 Å². The molecule has 0 saturated carbocycles. The maximum absolute atomic E-state index is 12.3. The molecular formula is C15H16BrN3O2. The summed E-state index contributed by atoms with van der Waals surface area (Å²) in [5.74, 6) is -0.171. The van der Waals surface area contributed by atoms with Gasteiger partial charge < -0.3 is 10.1 Å². The zero-order valence-electron chi connectivity index (χ0n) is 11.8. The number of rotatable bonds is 2. The second-order valence-electron chi connectivity index (χ2n) is 5.36. The normalized spacial score (nSPS) is 25.2. The maximum Gasteiger partial charge on any atom is 0.270 e. The lowest BCUT2D eigenvalue weighted by Gasteiger charge is -2.15. The summed E-state index contributed by atoms with van der Waals surface area (Å²) in [6, 6.07) is 3.60. The Bertz CT molecular complexity index is 692. The summed E-state index contributed by atoms with van der Waals surface area (Å²) in [7, 11) is 0. The largest absolute Gasteiger partial charge is 0.373 e. The van der Waals surface area contributed by atoms with Crippen LogP contribution in [0.15, 0.2) is 29.0 Å². The Hall–Kier alpha value is -1.53. The van der Waals surface area contributed by atoms with Crippen LogP contribution >= 0.6 is 15.9 Å². The van der Waals surface area contributed by atoms with E-state index in [0.717, 1.165) is 21.8 Å². The Morgan fingerprint density at radius 1 is 1.38 bits per heavy atom.